The molecule has 0 bridgehead atoms. The molecule has 1 aliphatic carbocycles. The lowest BCUT2D eigenvalue weighted by molar-refractivity contribution is 0.0696. The second-order valence-electron chi connectivity index (χ2n) is 6.64. The zero-order valence-corrected chi connectivity index (χ0v) is 13.2. The Balaban J connectivity index is 2.06. The first-order valence-corrected chi connectivity index (χ1v) is 7.95. The van der Waals surface area contributed by atoms with Crippen molar-refractivity contribution in [1.82, 2.24) is 4.98 Å². The molecular weight excluding hydrogens is 264 g/mol. The zero-order chi connectivity index (χ0) is 15.4. The highest BCUT2D eigenvalue weighted by Gasteiger charge is 2.19. The van der Waals surface area contributed by atoms with Crippen molar-refractivity contribution in [3.8, 4) is 0 Å². The second kappa shape index (κ2) is 6.92. The van der Waals surface area contributed by atoms with Crippen molar-refractivity contribution in [2.24, 2.45) is 11.8 Å². The molecule has 0 radical (unpaired) electrons. The molecule has 4 heteroatoms. The fourth-order valence-electron chi connectivity index (χ4n) is 3.06. The number of nitrogens with one attached hydrogen (secondary N) is 1. The van der Waals surface area contributed by atoms with Crippen LogP contribution in [0.25, 0.3) is 0 Å². The lowest BCUT2D eigenvalue weighted by Crippen LogP contribution is -2.21. The van der Waals surface area contributed by atoms with Crippen molar-refractivity contribution in [2.45, 2.75) is 52.4 Å². The summed E-state index contributed by atoms with van der Waals surface area (Å²) >= 11 is 0. The van der Waals surface area contributed by atoms with Gasteiger partial charge < -0.3 is 10.4 Å². The van der Waals surface area contributed by atoms with Gasteiger partial charge in [0.1, 0.15) is 5.82 Å². The largest absolute Gasteiger partial charge is 0.478 e. The summed E-state index contributed by atoms with van der Waals surface area (Å²) < 4.78 is 0. The van der Waals surface area contributed by atoms with Crippen molar-refractivity contribution in [2.75, 3.05) is 11.9 Å². The van der Waals surface area contributed by atoms with Gasteiger partial charge in [0.25, 0.3) is 0 Å². The van der Waals surface area contributed by atoms with Crippen molar-refractivity contribution in [3.05, 3.63) is 23.4 Å². The summed E-state index contributed by atoms with van der Waals surface area (Å²) in [4.78, 5) is 15.8. The van der Waals surface area contributed by atoms with Gasteiger partial charge in [0.2, 0.25) is 0 Å². The van der Waals surface area contributed by atoms with Crippen LogP contribution in [0.3, 0.4) is 0 Å². The van der Waals surface area contributed by atoms with Gasteiger partial charge in [-0.3, -0.25) is 0 Å². The van der Waals surface area contributed by atoms with Crippen LogP contribution in [0.1, 0.15) is 68.4 Å². The molecule has 2 atom stereocenters. The van der Waals surface area contributed by atoms with Gasteiger partial charge in [0, 0.05) is 12.2 Å². The molecule has 0 spiro atoms. The number of carboxylic acid groups (broad SMARTS) is 1. The van der Waals surface area contributed by atoms with Crippen LogP contribution in [0.4, 0.5) is 5.82 Å². The van der Waals surface area contributed by atoms with Gasteiger partial charge in [0.05, 0.1) is 5.56 Å². The van der Waals surface area contributed by atoms with Crippen LogP contribution in [-0.4, -0.2) is 22.6 Å². The van der Waals surface area contributed by atoms with E-state index in [1.165, 1.54) is 25.7 Å². The third kappa shape index (κ3) is 4.45. The lowest BCUT2D eigenvalue weighted by atomic mass is 9.82. The van der Waals surface area contributed by atoms with Gasteiger partial charge in [-0.05, 0) is 42.7 Å². The molecule has 1 aromatic rings. The summed E-state index contributed by atoms with van der Waals surface area (Å²) in [6, 6.07) is 3.31. The maximum absolute atomic E-state index is 11.2. The molecule has 2 rings (SSSR count). The van der Waals surface area contributed by atoms with Crippen LogP contribution in [0.2, 0.25) is 0 Å². The van der Waals surface area contributed by atoms with Crippen molar-refractivity contribution >= 4 is 11.8 Å². The Morgan fingerprint density at radius 3 is 2.81 bits per heavy atom. The van der Waals surface area contributed by atoms with Crippen LogP contribution in [-0.2, 0) is 0 Å². The summed E-state index contributed by atoms with van der Waals surface area (Å²) in [6.07, 6.45) is 5.14. The molecule has 2 N–H and O–H groups in total. The maximum atomic E-state index is 11.2. The SMILES string of the molecule is CC1CCCC(CNc2cc(C(=O)O)cc(C(C)C)n2)C1. The number of aromatic carboxylic acids is 1. The van der Waals surface area contributed by atoms with E-state index in [1.54, 1.807) is 12.1 Å². The Hall–Kier alpha value is -1.58. The predicted octanol–water partition coefficient (Wildman–Crippen LogP) is 4.14. The minimum Gasteiger partial charge on any atom is -0.478 e. The van der Waals surface area contributed by atoms with Crippen LogP contribution >= 0.6 is 0 Å². The van der Waals surface area contributed by atoms with Gasteiger partial charge in [-0.2, -0.15) is 0 Å². The first kappa shape index (κ1) is 15.8. The van der Waals surface area contributed by atoms with Gasteiger partial charge >= 0.3 is 5.97 Å². The normalized spacial score (nSPS) is 22.3. The summed E-state index contributed by atoms with van der Waals surface area (Å²) in [5.41, 5.74) is 1.14. The number of hydrogen-bond donors (Lipinski definition) is 2. The fourth-order valence-corrected chi connectivity index (χ4v) is 3.06. The zero-order valence-electron chi connectivity index (χ0n) is 13.2. The third-order valence-electron chi connectivity index (χ3n) is 4.30. The number of nitrogens with zero attached hydrogens (tertiary/aromatic N) is 1. The average Bonchev–Trinajstić information content (AvgIpc) is 2.45. The summed E-state index contributed by atoms with van der Waals surface area (Å²) in [5.74, 6) is 1.49. The van der Waals surface area contributed by atoms with E-state index in [0.717, 1.165) is 18.2 Å². The van der Waals surface area contributed by atoms with Gasteiger partial charge in [-0.1, -0.05) is 33.6 Å². The molecule has 21 heavy (non-hydrogen) atoms. The topological polar surface area (TPSA) is 62.2 Å². The molecular formula is C17H26N2O2. The van der Waals surface area contributed by atoms with E-state index in [-0.39, 0.29) is 5.92 Å². The molecule has 0 aliphatic heterocycles. The van der Waals surface area contributed by atoms with E-state index in [2.05, 4.69) is 17.2 Å². The number of aromatic nitrogens is 1. The van der Waals surface area contributed by atoms with Crippen LogP contribution in [0.15, 0.2) is 12.1 Å². The molecule has 1 heterocycles. The van der Waals surface area contributed by atoms with E-state index in [9.17, 15) is 9.90 Å². The molecule has 1 aromatic heterocycles. The molecule has 4 nitrogen and oxygen atoms in total. The van der Waals surface area contributed by atoms with Crippen LogP contribution < -0.4 is 5.32 Å². The van der Waals surface area contributed by atoms with E-state index >= 15 is 0 Å². The molecule has 116 valence electrons. The highest BCUT2D eigenvalue weighted by atomic mass is 16.4. The monoisotopic (exact) mass is 290 g/mol. The van der Waals surface area contributed by atoms with Gasteiger partial charge in [0.15, 0.2) is 0 Å². The van der Waals surface area contributed by atoms with E-state index in [1.807, 2.05) is 13.8 Å². The summed E-state index contributed by atoms with van der Waals surface area (Å²) in [7, 11) is 0. The minimum atomic E-state index is -0.895. The Bertz CT molecular complexity index is 500. The Labute approximate surface area is 127 Å². The average molecular weight is 290 g/mol. The minimum absolute atomic E-state index is 0.222. The fraction of sp³-hybridized carbons (Fsp3) is 0.647. The standard InChI is InChI=1S/C17H26N2O2/c1-11(2)15-8-14(17(20)21)9-16(19-15)18-10-13-6-4-5-12(3)7-13/h8-9,11-13H,4-7,10H2,1-3H3,(H,18,19)(H,20,21). The Morgan fingerprint density at radius 2 is 2.19 bits per heavy atom. The Morgan fingerprint density at radius 1 is 1.43 bits per heavy atom. The maximum Gasteiger partial charge on any atom is 0.335 e. The summed E-state index contributed by atoms with van der Waals surface area (Å²) in [6.45, 7) is 7.26. The Kier molecular flexibility index (Phi) is 5.21. The number of pyridine rings is 1. The number of rotatable bonds is 5. The molecule has 0 aromatic carbocycles. The molecule has 2 unspecified atom stereocenters. The first-order chi connectivity index (χ1) is 9.95. The molecule has 0 amide bonds. The molecule has 0 saturated heterocycles. The number of carboxylic acids is 1. The number of carbonyl (C=O) groups is 1. The van der Waals surface area contributed by atoms with Crippen molar-refractivity contribution in [1.29, 1.82) is 0 Å². The van der Waals surface area contributed by atoms with Gasteiger partial charge in [-0.15, -0.1) is 0 Å². The quantitative estimate of drug-likeness (QED) is 0.855. The van der Waals surface area contributed by atoms with E-state index < -0.39 is 5.97 Å². The lowest BCUT2D eigenvalue weighted by Gasteiger charge is -2.27. The second-order valence-corrected chi connectivity index (χ2v) is 6.64. The van der Waals surface area contributed by atoms with Crippen LogP contribution in [0, 0.1) is 11.8 Å². The van der Waals surface area contributed by atoms with E-state index in [4.69, 9.17) is 0 Å². The van der Waals surface area contributed by atoms with Gasteiger partial charge in [-0.25, -0.2) is 9.78 Å². The first-order valence-electron chi connectivity index (χ1n) is 7.95. The number of hydrogen-bond acceptors (Lipinski definition) is 3. The van der Waals surface area contributed by atoms with Crippen molar-refractivity contribution < 1.29 is 9.90 Å². The third-order valence-corrected chi connectivity index (χ3v) is 4.30. The molecule has 1 fully saturated rings. The number of anilines is 1. The summed E-state index contributed by atoms with van der Waals surface area (Å²) in [5, 5.41) is 12.6. The van der Waals surface area contributed by atoms with Crippen molar-refractivity contribution in [3.63, 3.8) is 0 Å². The molecule has 1 saturated carbocycles. The smallest absolute Gasteiger partial charge is 0.335 e. The predicted molar refractivity (Wildman–Crippen MR) is 84.9 cm³/mol. The highest BCUT2D eigenvalue weighted by molar-refractivity contribution is 5.88. The molecule has 1 aliphatic rings. The highest BCUT2D eigenvalue weighted by Crippen LogP contribution is 2.28. The van der Waals surface area contributed by atoms with Crippen LogP contribution in [0.5, 0.6) is 0 Å². The van der Waals surface area contributed by atoms with E-state index in [0.29, 0.717) is 17.3 Å².